The molecule has 2 aliphatic heterocycles. The zero-order valence-electron chi connectivity index (χ0n) is 14.3. The van der Waals surface area contributed by atoms with Crippen LogP contribution in [0.15, 0.2) is 24.3 Å². The van der Waals surface area contributed by atoms with Crippen LogP contribution in [0, 0.1) is 0 Å². The van der Waals surface area contributed by atoms with Gasteiger partial charge in [0.15, 0.2) is 0 Å². The number of carbonyl (C=O) groups excluding carboxylic acids is 2. The van der Waals surface area contributed by atoms with E-state index in [4.69, 9.17) is 9.57 Å². The van der Waals surface area contributed by atoms with Gasteiger partial charge in [-0.05, 0) is 37.0 Å². The van der Waals surface area contributed by atoms with E-state index in [1.165, 1.54) is 12.7 Å². The van der Waals surface area contributed by atoms with Gasteiger partial charge in [0.25, 0.3) is 0 Å². The largest absolute Gasteiger partial charge is 0.465 e. The molecule has 0 aliphatic carbocycles. The molecule has 3 rings (SSSR count). The summed E-state index contributed by atoms with van der Waals surface area (Å²) in [5, 5.41) is 1.61. The average Bonchev–Trinajstić information content (AvgIpc) is 2.92. The lowest BCUT2D eigenvalue weighted by Crippen LogP contribution is -2.52. The lowest BCUT2D eigenvalue weighted by Gasteiger charge is -2.43. The lowest BCUT2D eigenvalue weighted by molar-refractivity contribution is -0.202. The number of likely N-dealkylation sites (tertiary alicyclic amines) is 1. The maximum atomic E-state index is 11.9. The van der Waals surface area contributed by atoms with Crippen molar-refractivity contribution >= 4 is 11.9 Å². The molecule has 0 unspecified atom stereocenters. The summed E-state index contributed by atoms with van der Waals surface area (Å²) in [7, 11) is 2.97. The highest BCUT2D eigenvalue weighted by Crippen LogP contribution is 2.39. The Kier molecular flexibility index (Phi) is 4.87. The van der Waals surface area contributed by atoms with E-state index in [2.05, 4.69) is 4.90 Å². The fraction of sp³-hybridized carbons (Fsp3) is 0.556. The van der Waals surface area contributed by atoms with E-state index in [-0.39, 0.29) is 17.4 Å². The molecule has 0 atom stereocenters. The summed E-state index contributed by atoms with van der Waals surface area (Å²) in [6.07, 6.45) is 3.35. The van der Waals surface area contributed by atoms with E-state index in [9.17, 15) is 9.59 Å². The van der Waals surface area contributed by atoms with Crippen LogP contribution in [0.2, 0.25) is 0 Å². The molecule has 2 fully saturated rings. The summed E-state index contributed by atoms with van der Waals surface area (Å²) in [5.41, 5.74) is 1.63. The Balaban J connectivity index is 1.58. The van der Waals surface area contributed by atoms with E-state index in [1.807, 2.05) is 12.1 Å². The van der Waals surface area contributed by atoms with Crippen LogP contribution in [0.4, 0.5) is 0 Å². The molecule has 24 heavy (non-hydrogen) atoms. The minimum Gasteiger partial charge on any atom is -0.465 e. The summed E-state index contributed by atoms with van der Waals surface area (Å²) in [4.78, 5) is 31.1. The molecule has 1 aromatic carbocycles. The van der Waals surface area contributed by atoms with Crippen molar-refractivity contribution in [3.63, 3.8) is 0 Å². The van der Waals surface area contributed by atoms with Gasteiger partial charge in [0.05, 0.1) is 25.3 Å². The highest BCUT2D eigenvalue weighted by molar-refractivity contribution is 5.89. The first-order chi connectivity index (χ1) is 11.6. The predicted octanol–water partition coefficient (Wildman–Crippen LogP) is 1.99. The van der Waals surface area contributed by atoms with Gasteiger partial charge in [-0.15, -0.1) is 0 Å². The zero-order valence-corrected chi connectivity index (χ0v) is 14.3. The highest BCUT2D eigenvalue weighted by atomic mass is 16.7. The number of esters is 1. The van der Waals surface area contributed by atoms with E-state index >= 15 is 0 Å². The number of piperidine rings is 1. The molecule has 6 heteroatoms. The number of carbonyl (C=O) groups is 2. The molecule has 0 aromatic heterocycles. The van der Waals surface area contributed by atoms with Crippen molar-refractivity contribution < 1.29 is 19.2 Å². The Labute approximate surface area is 142 Å². The Hall–Kier alpha value is -1.92. The van der Waals surface area contributed by atoms with Crippen molar-refractivity contribution in [3.8, 4) is 0 Å². The van der Waals surface area contributed by atoms with Crippen LogP contribution in [0.1, 0.15) is 41.6 Å². The third-order valence-electron chi connectivity index (χ3n) is 5.21. The van der Waals surface area contributed by atoms with Crippen LogP contribution in [0.25, 0.3) is 0 Å². The van der Waals surface area contributed by atoms with Gasteiger partial charge in [-0.1, -0.05) is 12.1 Å². The normalized spacial score (nSPS) is 20.6. The van der Waals surface area contributed by atoms with Crippen LogP contribution in [0.5, 0.6) is 0 Å². The highest BCUT2D eigenvalue weighted by Gasteiger charge is 2.47. The topological polar surface area (TPSA) is 59.1 Å². The zero-order chi connectivity index (χ0) is 17.2. The molecule has 1 spiro atoms. The van der Waals surface area contributed by atoms with Crippen LogP contribution >= 0.6 is 0 Å². The molecule has 0 bridgehead atoms. The number of hydroxylamine groups is 2. The molecule has 130 valence electrons. The van der Waals surface area contributed by atoms with Crippen molar-refractivity contribution in [2.24, 2.45) is 0 Å². The van der Waals surface area contributed by atoms with Gasteiger partial charge in [-0.25, -0.2) is 9.86 Å². The van der Waals surface area contributed by atoms with Gasteiger partial charge >= 0.3 is 5.97 Å². The van der Waals surface area contributed by atoms with Crippen molar-refractivity contribution in [2.45, 2.75) is 37.8 Å². The smallest absolute Gasteiger partial charge is 0.337 e. The Morgan fingerprint density at radius 2 is 1.79 bits per heavy atom. The number of nitrogens with zero attached hydrogens (tertiary/aromatic N) is 2. The Bertz CT molecular complexity index is 606. The third-order valence-corrected chi connectivity index (χ3v) is 5.21. The molecule has 0 radical (unpaired) electrons. The fourth-order valence-electron chi connectivity index (χ4n) is 3.81. The molecule has 0 N–H and O–H groups in total. The molecule has 1 amide bonds. The minimum absolute atomic E-state index is 0.101. The quantitative estimate of drug-likeness (QED) is 0.789. The fourth-order valence-corrected chi connectivity index (χ4v) is 3.81. The number of methoxy groups -OCH3 is 1. The number of amides is 1. The van der Waals surface area contributed by atoms with Crippen molar-refractivity contribution in [1.82, 2.24) is 9.96 Å². The molecule has 2 saturated heterocycles. The number of rotatable bonds is 4. The molecular weight excluding hydrogens is 308 g/mol. The number of hydrogen-bond donors (Lipinski definition) is 0. The monoisotopic (exact) mass is 332 g/mol. The molecule has 0 saturated carbocycles. The molecule has 6 nitrogen and oxygen atoms in total. The van der Waals surface area contributed by atoms with Gasteiger partial charge in [-0.2, -0.15) is 0 Å². The molecule has 2 heterocycles. The van der Waals surface area contributed by atoms with Crippen molar-refractivity contribution in [3.05, 3.63) is 35.4 Å². The lowest BCUT2D eigenvalue weighted by atomic mass is 9.86. The predicted molar refractivity (Wildman–Crippen MR) is 88.1 cm³/mol. The van der Waals surface area contributed by atoms with Gasteiger partial charge in [-0.3, -0.25) is 14.5 Å². The summed E-state index contributed by atoms with van der Waals surface area (Å²) >= 11 is 0. The summed E-state index contributed by atoms with van der Waals surface area (Å²) in [6.45, 7) is 2.72. The van der Waals surface area contributed by atoms with Gasteiger partial charge in [0.1, 0.15) is 0 Å². The van der Waals surface area contributed by atoms with E-state index < -0.39 is 0 Å². The molecular formula is C18H24N2O4. The van der Waals surface area contributed by atoms with E-state index in [1.54, 1.807) is 24.3 Å². The van der Waals surface area contributed by atoms with Crippen molar-refractivity contribution in [2.75, 3.05) is 27.3 Å². The second-order valence-electron chi connectivity index (χ2n) is 6.56. The first-order valence-corrected chi connectivity index (χ1v) is 8.35. The van der Waals surface area contributed by atoms with E-state index in [0.29, 0.717) is 12.0 Å². The average molecular weight is 332 g/mol. The SMILES string of the molecule is COC(=O)c1ccc(CN2CCC3(CCC(=O)N3OC)CC2)cc1. The Morgan fingerprint density at radius 1 is 1.12 bits per heavy atom. The molecule has 2 aliphatic rings. The van der Waals surface area contributed by atoms with Crippen LogP contribution in [-0.2, 0) is 20.9 Å². The second kappa shape index (κ2) is 6.91. The first-order valence-electron chi connectivity index (χ1n) is 8.35. The maximum absolute atomic E-state index is 11.9. The third kappa shape index (κ3) is 3.16. The summed E-state index contributed by atoms with van der Waals surface area (Å²) in [6, 6.07) is 7.54. The standard InChI is InChI=1S/C18H24N2O4/c1-23-17(22)15-5-3-14(4-6-15)13-19-11-9-18(10-12-19)8-7-16(21)20(18)24-2/h3-6H,7-13H2,1-2H3. The number of hydrogen-bond acceptors (Lipinski definition) is 5. The van der Waals surface area contributed by atoms with Crippen molar-refractivity contribution in [1.29, 1.82) is 0 Å². The van der Waals surface area contributed by atoms with Crippen LogP contribution in [0.3, 0.4) is 0 Å². The van der Waals surface area contributed by atoms with Gasteiger partial charge in [0.2, 0.25) is 5.91 Å². The second-order valence-corrected chi connectivity index (χ2v) is 6.56. The molecule has 1 aromatic rings. The maximum Gasteiger partial charge on any atom is 0.337 e. The summed E-state index contributed by atoms with van der Waals surface area (Å²) in [5.74, 6) is -0.212. The van der Waals surface area contributed by atoms with Crippen LogP contribution < -0.4 is 0 Å². The van der Waals surface area contributed by atoms with Crippen LogP contribution in [-0.4, -0.2) is 54.7 Å². The first kappa shape index (κ1) is 16.9. The number of benzene rings is 1. The summed E-state index contributed by atoms with van der Waals surface area (Å²) < 4.78 is 4.72. The number of ether oxygens (including phenoxy) is 1. The van der Waals surface area contributed by atoms with E-state index in [0.717, 1.165) is 38.9 Å². The van der Waals surface area contributed by atoms with Gasteiger partial charge in [0, 0.05) is 26.1 Å². The Morgan fingerprint density at radius 3 is 2.38 bits per heavy atom. The minimum atomic E-state index is -0.313. The van der Waals surface area contributed by atoms with Gasteiger partial charge < -0.3 is 4.74 Å².